The summed E-state index contributed by atoms with van der Waals surface area (Å²) in [6.45, 7) is 0.855. The zero-order valence-corrected chi connectivity index (χ0v) is 21.6. The minimum atomic E-state index is -0.321. The van der Waals surface area contributed by atoms with Gasteiger partial charge in [-0.05, 0) is 22.8 Å². The second-order valence-corrected chi connectivity index (χ2v) is 9.36. The van der Waals surface area contributed by atoms with Crippen LogP contribution in [0.25, 0.3) is 21.9 Å². The molecule has 198 valence electrons. The first-order chi connectivity index (χ1) is 19.6. The fourth-order valence-corrected chi connectivity index (χ4v) is 4.46. The Morgan fingerprint density at radius 3 is 1.68 bits per heavy atom. The Balaban J connectivity index is 1.40. The van der Waals surface area contributed by atoms with Gasteiger partial charge >= 0.3 is 0 Å². The highest BCUT2D eigenvalue weighted by molar-refractivity contribution is 5.95. The molecule has 6 heteroatoms. The second kappa shape index (κ2) is 11.3. The number of hydrogen-bond donors (Lipinski definition) is 1. The molecular weight excluding hydrogens is 504 g/mol. The summed E-state index contributed by atoms with van der Waals surface area (Å²) in [6, 6.07) is 35.4. The highest BCUT2D eigenvalue weighted by Crippen LogP contribution is 2.36. The van der Waals surface area contributed by atoms with Crippen LogP contribution < -0.4 is 19.6 Å². The van der Waals surface area contributed by atoms with E-state index in [2.05, 4.69) is 0 Å². The van der Waals surface area contributed by atoms with Gasteiger partial charge in [-0.2, -0.15) is 0 Å². The standard InChI is InChI=1S/C34H26O6/c35-28-18-27-29(19-30(28)38-21-24-12-6-2-7-13-24)40-32-17-26(37-20-23-10-4-1-5-11-23)16-31(33(32)34(27)36)39-22-25-14-8-3-9-15-25/h1-19,35H,20-22H2. The Labute approximate surface area is 230 Å². The first-order valence-electron chi connectivity index (χ1n) is 12.9. The van der Waals surface area contributed by atoms with Crippen molar-refractivity contribution in [3.05, 3.63) is 142 Å². The Kier molecular flexibility index (Phi) is 7.05. The van der Waals surface area contributed by atoms with Crippen LogP contribution in [0.5, 0.6) is 23.0 Å². The molecule has 6 nitrogen and oxygen atoms in total. The van der Waals surface area contributed by atoms with Crippen LogP contribution in [0.3, 0.4) is 0 Å². The average molecular weight is 531 g/mol. The summed E-state index contributed by atoms with van der Waals surface area (Å²) in [6.07, 6.45) is 0. The Bertz CT molecular complexity index is 1810. The van der Waals surface area contributed by atoms with E-state index in [1.54, 1.807) is 12.1 Å². The van der Waals surface area contributed by atoms with E-state index in [1.807, 2.05) is 91.0 Å². The number of phenolic OH excluding ortho intramolecular Hbond substituents is 1. The molecule has 5 aromatic carbocycles. The van der Waals surface area contributed by atoms with Gasteiger partial charge in [-0.15, -0.1) is 0 Å². The highest BCUT2D eigenvalue weighted by atomic mass is 16.5. The number of aromatic hydroxyl groups is 1. The summed E-state index contributed by atoms with van der Waals surface area (Å²) in [4.78, 5) is 13.7. The Morgan fingerprint density at radius 2 is 1.10 bits per heavy atom. The topological polar surface area (TPSA) is 78.1 Å². The summed E-state index contributed by atoms with van der Waals surface area (Å²) in [7, 11) is 0. The molecular formula is C34H26O6. The Morgan fingerprint density at radius 1 is 0.575 bits per heavy atom. The number of benzene rings is 5. The van der Waals surface area contributed by atoms with Gasteiger partial charge in [0.05, 0.1) is 5.39 Å². The van der Waals surface area contributed by atoms with E-state index in [4.69, 9.17) is 18.6 Å². The van der Waals surface area contributed by atoms with Crippen molar-refractivity contribution in [3.63, 3.8) is 0 Å². The van der Waals surface area contributed by atoms with Crippen molar-refractivity contribution in [3.8, 4) is 23.0 Å². The minimum absolute atomic E-state index is 0.148. The van der Waals surface area contributed by atoms with Gasteiger partial charge in [0.15, 0.2) is 11.5 Å². The number of ether oxygens (including phenoxy) is 3. The monoisotopic (exact) mass is 530 g/mol. The number of fused-ring (bicyclic) bond motifs is 2. The van der Waals surface area contributed by atoms with Gasteiger partial charge in [-0.3, -0.25) is 4.79 Å². The van der Waals surface area contributed by atoms with Gasteiger partial charge in [0.25, 0.3) is 0 Å². The maximum atomic E-state index is 13.7. The minimum Gasteiger partial charge on any atom is -0.504 e. The van der Waals surface area contributed by atoms with Crippen LogP contribution in [0.4, 0.5) is 0 Å². The normalized spacial score (nSPS) is 11.0. The molecule has 0 atom stereocenters. The van der Waals surface area contributed by atoms with Gasteiger partial charge < -0.3 is 23.7 Å². The van der Waals surface area contributed by atoms with Crippen LogP contribution in [0.15, 0.2) is 124 Å². The first-order valence-corrected chi connectivity index (χ1v) is 12.9. The van der Waals surface area contributed by atoms with Gasteiger partial charge in [0, 0.05) is 18.2 Å². The van der Waals surface area contributed by atoms with Crippen molar-refractivity contribution in [2.24, 2.45) is 0 Å². The Hall–Kier alpha value is -5.23. The molecule has 0 aliphatic rings. The average Bonchev–Trinajstić information content (AvgIpc) is 3.00. The summed E-state index contributed by atoms with van der Waals surface area (Å²) in [5.41, 5.74) is 3.18. The van der Waals surface area contributed by atoms with Crippen molar-refractivity contribution < 1.29 is 23.7 Å². The van der Waals surface area contributed by atoms with Gasteiger partial charge in [0.2, 0.25) is 5.43 Å². The predicted molar refractivity (Wildman–Crippen MR) is 154 cm³/mol. The molecule has 0 saturated heterocycles. The second-order valence-electron chi connectivity index (χ2n) is 9.36. The number of rotatable bonds is 9. The molecule has 6 rings (SSSR count). The van der Waals surface area contributed by atoms with Crippen LogP contribution in [0, 0.1) is 0 Å². The van der Waals surface area contributed by atoms with E-state index in [0.29, 0.717) is 23.7 Å². The van der Waals surface area contributed by atoms with Crippen molar-refractivity contribution in [2.45, 2.75) is 19.8 Å². The SMILES string of the molecule is O=c1c2cc(O)c(OCc3ccccc3)cc2oc2cc(OCc3ccccc3)cc(OCc3ccccc3)c12. The summed E-state index contributed by atoms with van der Waals surface area (Å²) in [5.74, 6) is 0.908. The van der Waals surface area contributed by atoms with Crippen LogP contribution in [0.1, 0.15) is 16.7 Å². The third-order valence-electron chi connectivity index (χ3n) is 6.51. The van der Waals surface area contributed by atoms with E-state index >= 15 is 0 Å². The van der Waals surface area contributed by atoms with E-state index < -0.39 is 0 Å². The van der Waals surface area contributed by atoms with Gasteiger partial charge in [-0.25, -0.2) is 0 Å². The fraction of sp³-hybridized carbons (Fsp3) is 0.0882. The lowest BCUT2D eigenvalue weighted by Gasteiger charge is -2.14. The van der Waals surface area contributed by atoms with Crippen LogP contribution >= 0.6 is 0 Å². The smallest absolute Gasteiger partial charge is 0.204 e. The molecule has 0 radical (unpaired) electrons. The van der Waals surface area contributed by atoms with Gasteiger partial charge in [-0.1, -0.05) is 91.0 Å². The van der Waals surface area contributed by atoms with E-state index in [9.17, 15) is 9.90 Å². The largest absolute Gasteiger partial charge is 0.504 e. The molecule has 0 unspecified atom stereocenters. The zero-order valence-electron chi connectivity index (χ0n) is 21.6. The van der Waals surface area contributed by atoms with Crippen molar-refractivity contribution in [1.82, 2.24) is 0 Å². The lowest BCUT2D eigenvalue weighted by Crippen LogP contribution is -2.07. The lowest BCUT2D eigenvalue weighted by molar-refractivity contribution is 0.289. The molecule has 0 spiro atoms. The quantitative estimate of drug-likeness (QED) is 0.196. The molecule has 6 aromatic rings. The summed E-state index contributed by atoms with van der Waals surface area (Å²) in [5, 5.41) is 11.2. The molecule has 0 saturated carbocycles. The van der Waals surface area contributed by atoms with E-state index in [0.717, 1.165) is 16.7 Å². The van der Waals surface area contributed by atoms with Crippen LogP contribution in [-0.4, -0.2) is 5.11 Å². The molecule has 0 aliphatic heterocycles. The highest BCUT2D eigenvalue weighted by Gasteiger charge is 2.18. The summed E-state index contributed by atoms with van der Waals surface area (Å²) >= 11 is 0. The molecule has 1 aromatic heterocycles. The van der Waals surface area contributed by atoms with E-state index in [1.165, 1.54) is 12.1 Å². The predicted octanol–water partition coefficient (Wildman–Crippen LogP) is 7.39. The maximum Gasteiger partial charge on any atom is 0.204 e. The molecule has 40 heavy (non-hydrogen) atoms. The van der Waals surface area contributed by atoms with Crippen LogP contribution in [-0.2, 0) is 19.8 Å². The maximum absolute atomic E-state index is 13.7. The van der Waals surface area contributed by atoms with Crippen LogP contribution in [0.2, 0.25) is 0 Å². The van der Waals surface area contributed by atoms with Crippen molar-refractivity contribution in [2.75, 3.05) is 0 Å². The molecule has 0 fully saturated rings. The van der Waals surface area contributed by atoms with Crippen molar-refractivity contribution in [1.29, 1.82) is 0 Å². The molecule has 0 aliphatic carbocycles. The fourth-order valence-electron chi connectivity index (χ4n) is 4.46. The number of hydrogen-bond acceptors (Lipinski definition) is 6. The van der Waals surface area contributed by atoms with Crippen molar-refractivity contribution >= 4 is 21.9 Å². The molecule has 1 N–H and O–H groups in total. The third kappa shape index (κ3) is 5.47. The summed E-state index contributed by atoms with van der Waals surface area (Å²) < 4.78 is 24.3. The third-order valence-corrected chi connectivity index (χ3v) is 6.51. The first kappa shape index (κ1) is 25.1. The number of phenols is 1. The molecule has 0 amide bonds. The zero-order chi connectivity index (χ0) is 27.3. The molecule has 0 bridgehead atoms. The van der Waals surface area contributed by atoms with Gasteiger partial charge in [0.1, 0.15) is 47.9 Å². The van der Waals surface area contributed by atoms with E-state index in [-0.39, 0.29) is 46.5 Å². The lowest BCUT2D eigenvalue weighted by atomic mass is 10.1. The molecule has 1 heterocycles.